The zero-order valence-electron chi connectivity index (χ0n) is 33.6. The van der Waals surface area contributed by atoms with Gasteiger partial charge in [0.25, 0.3) is 0 Å². The van der Waals surface area contributed by atoms with Gasteiger partial charge >= 0.3 is 7.82 Å². The first-order chi connectivity index (χ1) is 28.0. The summed E-state index contributed by atoms with van der Waals surface area (Å²) in [5.41, 5.74) is 5.32. The summed E-state index contributed by atoms with van der Waals surface area (Å²) in [5, 5.41) is 45.4. The maximum Gasteiger partial charge on any atom is 0.472 e. The van der Waals surface area contributed by atoms with E-state index in [-0.39, 0.29) is 29.7 Å². The lowest BCUT2D eigenvalue weighted by molar-refractivity contribution is -0.0790. The second-order valence-electron chi connectivity index (χ2n) is 15.0. The minimum atomic E-state index is -4.88. The van der Waals surface area contributed by atoms with Crippen molar-refractivity contribution < 1.29 is 42.9 Å². The van der Waals surface area contributed by atoms with Gasteiger partial charge in [-0.15, -0.1) is 0 Å². The number of aliphatic hydroxyl groups is 2. The minimum Gasteiger partial charge on any atom is -0.387 e. The maximum atomic E-state index is 13.1. The highest BCUT2D eigenvalue weighted by molar-refractivity contribution is 7.47. The third-order valence-corrected chi connectivity index (χ3v) is 11.6. The molecule has 3 heterocycles. The van der Waals surface area contributed by atoms with Crippen LogP contribution in [-0.2, 0) is 34.4 Å². The summed E-state index contributed by atoms with van der Waals surface area (Å²) in [6.45, 7) is 1.46. The Morgan fingerprint density at radius 1 is 0.948 bits per heavy atom. The molecule has 1 aliphatic rings. The number of phosphoric ester groups is 1. The van der Waals surface area contributed by atoms with E-state index in [0.29, 0.717) is 23.3 Å². The lowest BCUT2D eigenvalue weighted by atomic mass is 9.96. The summed E-state index contributed by atoms with van der Waals surface area (Å²) in [6.07, 6.45) is 15.9. The fourth-order valence-corrected chi connectivity index (χ4v) is 7.96. The monoisotopic (exact) mass is 846 g/mol. The predicted octanol–water partition coefficient (Wildman–Crippen LogP) is 7.89. The Morgan fingerprint density at radius 3 is 2.19 bits per heavy atom. The Labute approximate surface area is 347 Å². The van der Waals surface area contributed by atoms with Crippen LogP contribution in [0.3, 0.4) is 0 Å². The van der Waals surface area contributed by atoms with Gasteiger partial charge in [-0.25, -0.2) is 14.1 Å². The molecule has 2 aromatic heterocycles. The van der Waals surface area contributed by atoms with Gasteiger partial charge in [-0.2, -0.15) is 15.6 Å². The third kappa shape index (κ3) is 14.5. The number of nitrogens with two attached hydrogens (primary N) is 1. The number of rotatable bonds is 29. The van der Waals surface area contributed by atoms with Crippen molar-refractivity contribution >= 4 is 30.8 Å². The molecule has 0 amide bonds. The van der Waals surface area contributed by atoms with Gasteiger partial charge in [0, 0.05) is 6.61 Å². The summed E-state index contributed by atoms with van der Waals surface area (Å²) >= 11 is 6.19. The van der Waals surface area contributed by atoms with E-state index in [4.69, 9.17) is 40.6 Å². The Bertz CT molecular complexity index is 1820. The molecule has 6 atom stereocenters. The molecule has 0 radical (unpaired) electrons. The number of halogens is 1. The molecule has 0 bridgehead atoms. The number of ether oxygens (including phenoxy) is 3. The highest BCUT2D eigenvalue weighted by Crippen LogP contribution is 2.47. The number of hydrogen-bond acceptors (Lipinski definition) is 13. The zero-order chi connectivity index (χ0) is 41.8. The molecular weight excluding hydrogens is 787 g/mol. The van der Waals surface area contributed by atoms with Crippen molar-refractivity contribution in [3.05, 3.63) is 58.5 Å². The smallest absolute Gasteiger partial charge is 0.387 e. The molecule has 1 saturated heterocycles. The van der Waals surface area contributed by atoms with E-state index in [0.717, 1.165) is 19.3 Å². The molecule has 15 nitrogen and oxygen atoms in total. The van der Waals surface area contributed by atoms with Crippen LogP contribution in [0.25, 0.3) is 5.52 Å². The number of nitrogens with zero attached hydrogens (tertiary/aromatic N) is 5. The Hall–Kier alpha value is -3.18. The first-order valence-corrected chi connectivity index (χ1v) is 22.4. The minimum absolute atomic E-state index is 0.0416. The molecular formula is C41H60ClN6O9P. The molecule has 1 aliphatic heterocycles. The van der Waals surface area contributed by atoms with Crippen molar-refractivity contribution in [1.82, 2.24) is 14.6 Å². The highest BCUT2D eigenvalue weighted by atomic mass is 35.5. The van der Waals surface area contributed by atoms with Crippen molar-refractivity contribution in [3.8, 4) is 12.1 Å². The quantitative estimate of drug-likeness (QED) is 0.0385. The summed E-state index contributed by atoms with van der Waals surface area (Å²) in [5.74, 6) is 0.163. The number of unbranched alkanes of at least 4 members (excludes halogenated alkanes) is 15. The van der Waals surface area contributed by atoms with Crippen LogP contribution >= 0.6 is 19.4 Å². The second kappa shape index (κ2) is 24.8. The molecule has 5 N–H and O–H groups in total. The van der Waals surface area contributed by atoms with Gasteiger partial charge in [0.05, 0.1) is 36.1 Å². The average Bonchev–Trinajstić information content (AvgIpc) is 3.76. The van der Waals surface area contributed by atoms with Gasteiger partial charge in [-0.05, 0) is 36.2 Å². The highest BCUT2D eigenvalue weighted by Gasteiger charge is 2.57. The largest absolute Gasteiger partial charge is 0.472 e. The summed E-state index contributed by atoms with van der Waals surface area (Å²) in [7, 11) is -4.88. The van der Waals surface area contributed by atoms with Gasteiger partial charge in [-0.1, -0.05) is 121 Å². The van der Waals surface area contributed by atoms with Gasteiger partial charge in [-0.3, -0.25) is 9.05 Å². The molecule has 1 unspecified atom stereocenters. The van der Waals surface area contributed by atoms with Crippen molar-refractivity contribution in [2.45, 2.75) is 146 Å². The van der Waals surface area contributed by atoms with Crippen molar-refractivity contribution in [3.63, 3.8) is 0 Å². The third-order valence-electron chi connectivity index (χ3n) is 10.4. The van der Waals surface area contributed by atoms with Gasteiger partial charge in [0.2, 0.25) is 5.60 Å². The first-order valence-electron chi connectivity index (χ1n) is 20.6. The maximum absolute atomic E-state index is 13.1. The number of hydrogen-bond donors (Lipinski definition) is 4. The van der Waals surface area contributed by atoms with E-state index in [2.05, 4.69) is 17.0 Å². The van der Waals surface area contributed by atoms with Crippen LogP contribution in [0.2, 0.25) is 5.02 Å². The Kier molecular flexibility index (Phi) is 20.3. The van der Waals surface area contributed by atoms with E-state index >= 15 is 0 Å². The first kappa shape index (κ1) is 47.5. The number of anilines is 1. The van der Waals surface area contributed by atoms with Gasteiger partial charge in [0.15, 0.2) is 5.82 Å². The van der Waals surface area contributed by atoms with Gasteiger partial charge in [0.1, 0.15) is 55.0 Å². The average molecular weight is 847 g/mol. The molecule has 0 aliphatic carbocycles. The molecule has 0 saturated carbocycles. The predicted molar refractivity (Wildman–Crippen MR) is 218 cm³/mol. The zero-order valence-corrected chi connectivity index (χ0v) is 35.2. The Balaban J connectivity index is 1.20. The number of phosphoric acid groups is 1. The van der Waals surface area contributed by atoms with E-state index < -0.39 is 51.1 Å². The van der Waals surface area contributed by atoms with E-state index in [9.17, 15) is 30.2 Å². The topological polar surface area (TPSA) is 228 Å². The second-order valence-corrected chi connectivity index (χ2v) is 16.8. The SMILES string of the molecule is CCCCCCCCCCCCCCCCCCOC[C@H](COP(=O)(O)OC[C@@]1(C#N)O[C@@H](c2ccc3c(N)ncnn23)[C@H](O)[C@@H]1O)OCc1ccc(C#N)c(Cl)c1. The summed E-state index contributed by atoms with van der Waals surface area (Å²) in [4.78, 5) is 14.6. The van der Waals surface area contributed by atoms with Crippen LogP contribution in [0.1, 0.15) is 133 Å². The molecule has 1 aromatic carbocycles. The molecule has 0 spiro atoms. The standard InChI is InChI=1S/C41H60ClN6O9P/c1-2-3-4-5-6-7-8-9-10-11-12-13-14-15-16-17-22-53-26-33(54-25-31-18-19-32(24-43)34(42)23-31)27-55-58(51,52)56-29-41(28-44)39(50)37(49)38(57-41)35-20-21-36-40(45)46-30-47-48(35)36/h18-21,23,30,33,37-39,49-50H,2-17,22,25-27,29H2,1H3,(H,51,52)(H2,45,46,47)/t33-,37+,38+,39+,41-/m1/s1. The van der Waals surface area contributed by atoms with Crippen LogP contribution in [0.4, 0.5) is 5.82 Å². The number of nitrogen functional groups attached to an aromatic ring is 1. The number of aliphatic hydroxyl groups excluding tert-OH is 2. The molecule has 320 valence electrons. The van der Waals surface area contributed by atoms with E-state index in [1.165, 1.54) is 94.3 Å². The van der Waals surface area contributed by atoms with Crippen LogP contribution in [0, 0.1) is 22.7 Å². The number of nitriles is 2. The lowest BCUT2D eigenvalue weighted by Gasteiger charge is -2.26. The van der Waals surface area contributed by atoms with Crippen LogP contribution < -0.4 is 5.73 Å². The number of aromatic nitrogens is 3. The molecule has 58 heavy (non-hydrogen) atoms. The van der Waals surface area contributed by atoms with E-state index in [1.807, 2.05) is 6.07 Å². The molecule has 3 aromatic rings. The summed E-state index contributed by atoms with van der Waals surface area (Å²) < 4.78 is 42.6. The fourth-order valence-electron chi connectivity index (χ4n) is 6.93. The van der Waals surface area contributed by atoms with Crippen LogP contribution in [-0.4, -0.2) is 80.0 Å². The van der Waals surface area contributed by atoms with Crippen molar-refractivity contribution in [2.75, 3.05) is 32.2 Å². The number of benzene rings is 1. The van der Waals surface area contributed by atoms with Crippen molar-refractivity contribution in [1.29, 1.82) is 10.5 Å². The van der Waals surface area contributed by atoms with E-state index in [1.54, 1.807) is 36.4 Å². The normalized spacial score (nSPS) is 20.8. The number of fused-ring (bicyclic) bond motifs is 1. The molecule has 1 fully saturated rings. The van der Waals surface area contributed by atoms with Crippen LogP contribution in [0.5, 0.6) is 0 Å². The summed E-state index contributed by atoms with van der Waals surface area (Å²) in [6, 6.07) is 11.8. The van der Waals surface area contributed by atoms with Crippen molar-refractivity contribution in [2.24, 2.45) is 0 Å². The Morgan fingerprint density at radius 2 is 1.59 bits per heavy atom. The molecule has 4 rings (SSSR count). The fraction of sp³-hybridized carbons (Fsp3) is 0.659. The van der Waals surface area contributed by atoms with Gasteiger partial charge < -0.3 is 35.1 Å². The van der Waals surface area contributed by atoms with Crippen LogP contribution in [0.15, 0.2) is 36.7 Å². The lowest BCUT2D eigenvalue weighted by Crippen LogP contribution is -2.45. The molecule has 17 heteroatoms.